The van der Waals surface area contributed by atoms with Crippen LogP contribution in [0.25, 0.3) is 0 Å². The Morgan fingerprint density at radius 2 is 1.70 bits per heavy atom. The molecule has 0 N–H and O–H groups in total. The number of hydrogen-bond acceptors (Lipinski definition) is 1. The highest BCUT2D eigenvalue weighted by Crippen LogP contribution is 2.24. The standard InChI is InChI=1S/C15H18F3NO/c1-2-19(11-6-4-3-5-7-11)15(20)10-8-12(16)14(18)13(17)9-10/h8-9,11H,2-7H2,1H3. The van der Waals surface area contributed by atoms with Crippen LogP contribution in [-0.2, 0) is 0 Å². The van der Waals surface area contributed by atoms with Crippen LogP contribution < -0.4 is 0 Å². The van der Waals surface area contributed by atoms with Gasteiger partial charge in [-0.05, 0) is 31.9 Å². The van der Waals surface area contributed by atoms with Crippen LogP contribution >= 0.6 is 0 Å². The Kier molecular flexibility index (Phi) is 4.68. The monoisotopic (exact) mass is 285 g/mol. The van der Waals surface area contributed by atoms with E-state index in [0.717, 1.165) is 44.2 Å². The van der Waals surface area contributed by atoms with Crippen molar-refractivity contribution in [1.82, 2.24) is 4.90 Å². The zero-order valence-electron chi connectivity index (χ0n) is 11.5. The van der Waals surface area contributed by atoms with Gasteiger partial charge in [0.25, 0.3) is 5.91 Å². The fourth-order valence-corrected chi connectivity index (χ4v) is 2.81. The normalized spacial score (nSPS) is 16.2. The molecule has 110 valence electrons. The van der Waals surface area contributed by atoms with Gasteiger partial charge in [-0.1, -0.05) is 19.3 Å². The van der Waals surface area contributed by atoms with E-state index in [1.54, 1.807) is 4.90 Å². The molecule has 0 bridgehead atoms. The van der Waals surface area contributed by atoms with Crippen molar-refractivity contribution in [3.63, 3.8) is 0 Å². The first-order valence-corrected chi connectivity index (χ1v) is 7.00. The van der Waals surface area contributed by atoms with Crippen molar-refractivity contribution in [3.05, 3.63) is 35.1 Å². The highest BCUT2D eigenvalue weighted by molar-refractivity contribution is 5.94. The molecule has 1 amide bonds. The van der Waals surface area contributed by atoms with Gasteiger partial charge in [0.2, 0.25) is 0 Å². The Hall–Kier alpha value is -1.52. The SMILES string of the molecule is CCN(C(=O)c1cc(F)c(F)c(F)c1)C1CCCCC1. The molecule has 1 aromatic rings. The Labute approximate surface area is 116 Å². The van der Waals surface area contributed by atoms with Crippen molar-refractivity contribution < 1.29 is 18.0 Å². The molecule has 1 aliphatic carbocycles. The van der Waals surface area contributed by atoms with Gasteiger partial charge in [0.1, 0.15) is 0 Å². The molecule has 5 heteroatoms. The van der Waals surface area contributed by atoms with Gasteiger partial charge in [-0.25, -0.2) is 13.2 Å². The van der Waals surface area contributed by atoms with Gasteiger partial charge < -0.3 is 4.90 Å². The molecule has 0 saturated heterocycles. The number of amides is 1. The lowest BCUT2D eigenvalue weighted by Crippen LogP contribution is -2.41. The zero-order valence-corrected chi connectivity index (χ0v) is 11.5. The van der Waals surface area contributed by atoms with Gasteiger partial charge in [-0.2, -0.15) is 0 Å². The van der Waals surface area contributed by atoms with Gasteiger partial charge >= 0.3 is 0 Å². The van der Waals surface area contributed by atoms with Gasteiger partial charge in [0.15, 0.2) is 17.5 Å². The second-order valence-corrected chi connectivity index (χ2v) is 5.14. The minimum atomic E-state index is -1.54. The third-order valence-electron chi connectivity index (χ3n) is 3.85. The van der Waals surface area contributed by atoms with Crippen molar-refractivity contribution in [2.45, 2.75) is 45.1 Å². The van der Waals surface area contributed by atoms with Crippen LogP contribution in [-0.4, -0.2) is 23.4 Å². The molecule has 20 heavy (non-hydrogen) atoms. The molecule has 0 aliphatic heterocycles. The van der Waals surface area contributed by atoms with Crippen molar-refractivity contribution in [2.75, 3.05) is 6.54 Å². The van der Waals surface area contributed by atoms with E-state index < -0.39 is 23.4 Å². The largest absolute Gasteiger partial charge is 0.336 e. The van der Waals surface area contributed by atoms with Gasteiger partial charge in [-0.15, -0.1) is 0 Å². The predicted octanol–water partition coefficient (Wildman–Crippen LogP) is 3.90. The lowest BCUT2D eigenvalue weighted by atomic mass is 9.93. The fraction of sp³-hybridized carbons (Fsp3) is 0.533. The molecule has 1 aliphatic rings. The first-order chi connectivity index (χ1) is 9.54. The molecule has 2 nitrogen and oxygen atoms in total. The van der Waals surface area contributed by atoms with Crippen LogP contribution in [0.2, 0.25) is 0 Å². The average Bonchev–Trinajstić information content (AvgIpc) is 2.46. The number of halogens is 3. The number of rotatable bonds is 3. The summed E-state index contributed by atoms with van der Waals surface area (Å²) < 4.78 is 39.4. The van der Waals surface area contributed by atoms with E-state index in [0.29, 0.717) is 6.54 Å². The number of hydrogen-bond donors (Lipinski definition) is 0. The minimum absolute atomic E-state index is 0.109. The van der Waals surface area contributed by atoms with Gasteiger partial charge in [0.05, 0.1) is 0 Å². The van der Waals surface area contributed by atoms with E-state index in [2.05, 4.69) is 0 Å². The smallest absolute Gasteiger partial charge is 0.254 e. The Balaban J connectivity index is 2.24. The fourth-order valence-electron chi connectivity index (χ4n) is 2.81. The summed E-state index contributed by atoms with van der Waals surface area (Å²) in [5.74, 6) is -4.62. The highest BCUT2D eigenvalue weighted by atomic mass is 19.2. The van der Waals surface area contributed by atoms with E-state index in [9.17, 15) is 18.0 Å². The van der Waals surface area contributed by atoms with Crippen molar-refractivity contribution in [1.29, 1.82) is 0 Å². The van der Waals surface area contributed by atoms with E-state index in [-0.39, 0.29) is 11.6 Å². The first kappa shape index (κ1) is 14.9. The molecule has 1 saturated carbocycles. The summed E-state index contributed by atoms with van der Waals surface area (Å²) in [7, 11) is 0. The lowest BCUT2D eigenvalue weighted by Gasteiger charge is -2.33. The molecular formula is C15H18F3NO. The molecule has 1 fully saturated rings. The maximum absolute atomic E-state index is 13.2. The average molecular weight is 285 g/mol. The third-order valence-corrected chi connectivity index (χ3v) is 3.85. The maximum Gasteiger partial charge on any atom is 0.254 e. The second-order valence-electron chi connectivity index (χ2n) is 5.14. The molecule has 0 atom stereocenters. The van der Waals surface area contributed by atoms with Crippen molar-refractivity contribution in [2.24, 2.45) is 0 Å². The Morgan fingerprint density at radius 1 is 1.15 bits per heavy atom. The molecule has 0 spiro atoms. The maximum atomic E-state index is 13.2. The summed E-state index contributed by atoms with van der Waals surface area (Å²) in [6.07, 6.45) is 5.08. The first-order valence-electron chi connectivity index (χ1n) is 7.00. The molecule has 0 heterocycles. The van der Waals surface area contributed by atoms with E-state index in [4.69, 9.17) is 0 Å². The third kappa shape index (κ3) is 2.97. The molecule has 0 unspecified atom stereocenters. The highest BCUT2D eigenvalue weighted by Gasteiger charge is 2.26. The molecule has 0 radical (unpaired) electrons. The molecular weight excluding hydrogens is 267 g/mol. The summed E-state index contributed by atoms with van der Waals surface area (Å²) in [4.78, 5) is 14.0. The van der Waals surface area contributed by atoms with Crippen LogP contribution in [0.3, 0.4) is 0 Å². The zero-order chi connectivity index (χ0) is 14.7. The molecule has 1 aromatic carbocycles. The van der Waals surface area contributed by atoms with Crippen LogP contribution in [0.4, 0.5) is 13.2 Å². The topological polar surface area (TPSA) is 20.3 Å². The van der Waals surface area contributed by atoms with Crippen LogP contribution in [0, 0.1) is 17.5 Å². The van der Waals surface area contributed by atoms with Crippen LogP contribution in [0.15, 0.2) is 12.1 Å². The predicted molar refractivity (Wildman–Crippen MR) is 69.9 cm³/mol. The number of nitrogens with zero attached hydrogens (tertiary/aromatic N) is 1. The van der Waals surface area contributed by atoms with Gasteiger partial charge in [0, 0.05) is 18.2 Å². The van der Waals surface area contributed by atoms with Crippen LogP contribution in [0.1, 0.15) is 49.4 Å². The molecule has 0 aromatic heterocycles. The minimum Gasteiger partial charge on any atom is -0.336 e. The van der Waals surface area contributed by atoms with E-state index >= 15 is 0 Å². The summed E-state index contributed by atoms with van der Waals surface area (Å²) >= 11 is 0. The number of carbonyl (C=O) groups is 1. The number of carbonyl (C=O) groups excluding carboxylic acids is 1. The van der Waals surface area contributed by atoms with Crippen LogP contribution in [0.5, 0.6) is 0 Å². The summed E-state index contributed by atoms with van der Waals surface area (Å²) in [6.45, 7) is 2.31. The Morgan fingerprint density at radius 3 is 2.20 bits per heavy atom. The lowest BCUT2D eigenvalue weighted by molar-refractivity contribution is 0.0646. The van der Waals surface area contributed by atoms with E-state index in [1.165, 1.54) is 0 Å². The van der Waals surface area contributed by atoms with E-state index in [1.807, 2.05) is 6.92 Å². The van der Waals surface area contributed by atoms with Crippen molar-refractivity contribution >= 4 is 5.91 Å². The van der Waals surface area contributed by atoms with Gasteiger partial charge in [-0.3, -0.25) is 4.79 Å². The summed E-state index contributed by atoms with van der Waals surface area (Å²) in [5, 5.41) is 0. The quantitative estimate of drug-likeness (QED) is 0.771. The number of benzene rings is 1. The summed E-state index contributed by atoms with van der Waals surface area (Å²) in [5.41, 5.74) is -0.131. The summed E-state index contributed by atoms with van der Waals surface area (Å²) in [6, 6.07) is 1.65. The molecule has 2 rings (SSSR count). The second kappa shape index (κ2) is 6.29. The van der Waals surface area contributed by atoms with Crippen molar-refractivity contribution in [3.8, 4) is 0 Å². The Bertz CT molecular complexity index is 475.